The second-order valence-electron chi connectivity index (χ2n) is 4.67. The van der Waals surface area contributed by atoms with Crippen LogP contribution >= 0.6 is 0 Å². The fourth-order valence-electron chi connectivity index (χ4n) is 1.77. The van der Waals surface area contributed by atoms with E-state index in [1.165, 1.54) is 36.5 Å². The lowest BCUT2D eigenvalue weighted by atomic mass is 10.1. The lowest BCUT2D eigenvalue weighted by Gasteiger charge is -2.17. The van der Waals surface area contributed by atoms with Gasteiger partial charge in [0.25, 0.3) is 0 Å². The maximum absolute atomic E-state index is 12.8. The zero-order valence-electron chi connectivity index (χ0n) is 12.4. The van der Waals surface area contributed by atoms with Crippen molar-refractivity contribution in [2.45, 2.75) is 6.42 Å². The quantitative estimate of drug-likeness (QED) is 0.920. The maximum Gasteiger partial charge on any atom is 0.322 e. The fraction of sp³-hybridized carbons (Fsp3) is 0.267. The number of aromatic nitrogens is 2. The molecule has 2 amide bonds. The maximum atomic E-state index is 12.8. The summed E-state index contributed by atoms with van der Waals surface area (Å²) in [6.07, 6.45) is 1.95. The summed E-state index contributed by atoms with van der Waals surface area (Å²) in [5.74, 6) is 0.470. The Kier molecular flexibility index (Phi) is 5.24. The van der Waals surface area contributed by atoms with Crippen molar-refractivity contribution in [3.63, 3.8) is 0 Å². The molecule has 0 bridgehead atoms. The Labute approximate surface area is 128 Å². The number of benzene rings is 1. The zero-order chi connectivity index (χ0) is 15.9. The number of urea groups is 1. The van der Waals surface area contributed by atoms with Crippen molar-refractivity contribution in [3.8, 4) is 5.88 Å². The normalized spacial score (nSPS) is 10.1. The average Bonchev–Trinajstić information content (AvgIpc) is 2.54. The molecular formula is C15H17FN4O2. The van der Waals surface area contributed by atoms with Crippen LogP contribution in [0.25, 0.3) is 0 Å². The summed E-state index contributed by atoms with van der Waals surface area (Å²) in [6, 6.07) is 7.46. The molecule has 6 nitrogen and oxygen atoms in total. The van der Waals surface area contributed by atoms with Crippen molar-refractivity contribution < 1.29 is 13.9 Å². The average molecular weight is 304 g/mol. The standard InChI is InChI=1S/C15H17FN4O2/c1-20(8-7-11-3-5-12(16)6-4-11)15(21)19-13-9-14(22-2)18-10-17-13/h3-6,9-10H,7-8H2,1-2H3,(H,17,18,19,21). The molecule has 1 aromatic heterocycles. The largest absolute Gasteiger partial charge is 0.481 e. The number of amides is 2. The first kappa shape index (κ1) is 15.7. The minimum absolute atomic E-state index is 0.271. The molecule has 1 N–H and O–H groups in total. The number of carbonyl (C=O) groups excluding carboxylic acids is 1. The van der Waals surface area contributed by atoms with Gasteiger partial charge in [-0.25, -0.2) is 19.2 Å². The van der Waals surface area contributed by atoms with Crippen molar-refractivity contribution in [2.75, 3.05) is 26.0 Å². The third-order valence-corrected chi connectivity index (χ3v) is 3.08. The molecular weight excluding hydrogens is 287 g/mol. The molecule has 22 heavy (non-hydrogen) atoms. The molecule has 1 heterocycles. The SMILES string of the molecule is COc1cc(NC(=O)N(C)CCc2ccc(F)cc2)ncn1. The molecule has 0 fully saturated rings. The van der Waals surface area contributed by atoms with Gasteiger partial charge < -0.3 is 9.64 Å². The summed E-state index contributed by atoms with van der Waals surface area (Å²) in [5, 5.41) is 2.66. The van der Waals surface area contributed by atoms with Gasteiger partial charge in [0.15, 0.2) is 0 Å². The summed E-state index contributed by atoms with van der Waals surface area (Å²) in [4.78, 5) is 21.4. The molecule has 7 heteroatoms. The van der Waals surface area contributed by atoms with Crippen LogP contribution < -0.4 is 10.1 Å². The lowest BCUT2D eigenvalue weighted by Crippen LogP contribution is -2.33. The van der Waals surface area contributed by atoms with E-state index in [2.05, 4.69) is 15.3 Å². The summed E-state index contributed by atoms with van der Waals surface area (Å²) in [6.45, 7) is 0.500. The molecule has 2 aromatic rings. The van der Waals surface area contributed by atoms with Crippen molar-refractivity contribution in [1.29, 1.82) is 0 Å². The molecule has 0 atom stereocenters. The van der Waals surface area contributed by atoms with Crippen LogP contribution in [0.1, 0.15) is 5.56 Å². The molecule has 0 aliphatic carbocycles. The Morgan fingerprint density at radius 3 is 2.73 bits per heavy atom. The van der Waals surface area contributed by atoms with Crippen molar-refractivity contribution in [1.82, 2.24) is 14.9 Å². The Bertz CT molecular complexity index is 634. The molecule has 1 aromatic carbocycles. The Morgan fingerprint density at radius 1 is 1.32 bits per heavy atom. The van der Waals surface area contributed by atoms with Crippen molar-refractivity contribution in [3.05, 3.63) is 48.0 Å². The topological polar surface area (TPSA) is 67.3 Å². The van der Waals surface area contributed by atoms with Gasteiger partial charge in [0.2, 0.25) is 5.88 Å². The number of carbonyl (C=O) groups is 1. The number of likely N-dealkylation sites (N-methyl/N-ethyl adjacent to an activating group) is 1. The summed E-state index contributed by atoms with van der Waals surface area (Å²) in [7, 11) is 3.17. The van der Waals surface area contributed by atoms with Gasteiger partial charge in [-0.05, 0) is 24.1 Å². The Morgan fingerprint density at radius 2 is 2.05 bits per heavy atom. The van der Waals surface area contributed by atoms with Crippen molar-refractivity contribution >= 4 is 11.8 Å². The highest BCUT2D eigenvalue weighted by Crippen LogP contribution is 2.11. The number of anilines is 1. The molecule has 0 aliphatic heterocycles. The molecule has 0 aliphatic rings. The van der Waals surface area contributed by atoms with Crippen LogP contribution in [0.4, 0.5) is 15.0 Å². The van der Waals surface area contributed by atoms with E-state index < -0.39 is 0 Å². The van der Waals surface area contributed by atoms with Crippen molar-refractivity contribution in [2.24, 2.45) is 0 Å². The first-order valence-corrected chi connectivity index (χ1v) is 6.71. The predicted molar refractivity (Wildman–Crippen MR) is 80.3 cm³/mol. The van der Waals surface area contributed by atoms with Gasteiger partial charge in [0.05, 0.1) is 7.11 Å². The number of nitrogens with zero attached hydrogens (tertiary/aromatic N) is 3. The molecule has 116 valence electrons. The first-order chi connectivity index (χ1) is 10.6. The van der Waals surface area contributed by atoms with Crippen LogP contribution in [0.5, 0.6) is 5.88 Å². The Hall–Kier alpha value is -2.70. The van der Waals surface area contributed by atoms with Gasteiger partial charge >= 0.3 is 6.03 Å². The van der Waals surface area contributed by atoms with Gasteiger partial charge in [0.1, 0.15) is 18.0 Å². The van der Waals surface area contributed by atoms with Gasteiger partial charge in [-0.3, -0.25) is 5.32 Å². The number of rotatable bonds is 5. The van der Waals surface area contributed by atoms with E-state index in [4.69, 9.17) is 4.74 Å². The van der Waals surface area contributed by atoms with E-state index >= 15 is 0 Å². The lowest BCUT2D eigenvalue weighted by molar-refractivity contribution is 0.223. The van der Waals surface area contributed by atoms with E-state index in [1.807, 2.05) is 0 Å². The van der Waals surface area contributed by atoms with E-state index in [1.54, 1.807) is 19.2 Å². The Balaban J connectivity index is 1.87. The third kappa shape index (κ3) is 4.41. The van der Waals surface area contributed by atoms with E-state index in [0.29, 0.717) is 24.7 Å². The van der Waals surface area contributed by atoms with Crippen LogP contribution in [0, 0.1) is 5.82 Å². The smallest absolute Gasteiger partial charge is 0.322 e. The molecule has 0 spiro atoms. The molecule has 0 radical (unpaired) electrons. The van der Waals surface area contributed by atoms with Crippen LogP contribution in [-0.4, -0.2) is 41.6 Å². The van der Waals surface area contributed by atoms with Crippen LogP contribution in [0.2, 0.25) is 0 Å². The number of methoxy groups -OCH3 is 1. The molecule has 0 unspecified atom stereocenters. The first-order valence-electron chi connectivity index (χ1n) is 6.71. The summed E-state index contributed by atoms with van der Waals surface area (Å²) < 4.78 is 17.8. The van der Waals surface area contributed by atoms with E-state index in [9.17, 15) is 9.18 Å². The second-order valence-corrected chi connectivity index (χ2v) is 4.67. The van der Waals surface area contributed by atoms with Crippen LogP contribution in [0.15, 0.2) is 36.7 Å². The van der Waals surface area contributed by atoms with Gasteiger partial charge in [-0.2, -0.15) is 0 Å². The summed E-state index contributed by atoms with van der Waals surface area (Å²) >= 11 is 0. The zero-order valence-corrected chi connectivity index (χ0v) is 12.4. The second kappa shape index (κ2) is 7.35. The van der Waals surface area contributed by atoms with E-state index in [0.717, 1.165) is 5.56 Å². The summed E-state index contributed by atoms with van der Waals surface area (Å²) in [5.41, 5.74) is 0.963. The van der Waals surface area contributed by atoms with Gasteiger partial charge in [-0.15, -0.1) is 0 Å². The fourth-order valence-corrected chi connectivity index (χ4v) is 1.77. The number of hydrogen-bond donors (Lipinski definition) is 1. The highest BCUT2D eigenvalue weighted by atomic mass is 19.1. The number of hydrogen-bond acceptors (Lipinski definition) is 4. The highest BCUT2D eigenvalue weighted by Gasteiger charge is 2.10. The third-order valence-electron chi connectivity index (χ3n) is 3.08. The minimum Gasteiger partial charge on any atom is -0.481 e. The highest BCUT2D eigenvalue weighted by molar-refractivity contribution is 5.88. The molecule has 2 rings (SSSR count). The predicted octanol–water partition coefficient (Wildman–Crippen LogP) is 2.33. The van der Waals surface area contributed by atoms with Crippen LogP contribution in [0.3, 0.4) is 0 Å². The molecule has 0 saturated heterocycles. The number of halogens is 1. The monoisotopic (exact) mass is 304 g/mol. The minimum atomic E-state index is -0.289. The number of ether oxygens (including phenoxy) is 1. The van der Waals surface area contributed by atoms with Gasteiger partial charge in [0, 0.05) is 19.7 Å². The van der Waals surface area contributed by atoms with E-state index in [-0.39, 0.29) is 11.8 Å². The van der Waals surface area contributed by atoms with Crippen LogP contribution in [-0.2, 0) is 6.42 Å². The number of nitrogens with one attached hydrogen (secondary N) is 1. The molecule has 0 saturated carbocycles. The van der Waals surface area contributed by atoms with Gasteiger partial charge in [-0.1, -0.05) is 12.1 Å².